The van der Waals surface area contributed by atoms with Crippen molar-refractivity contribution in [3.05, 3.63) is 47.0 Å². The minimum absolute atomic E-state index is 0.206. The molecule has 0 aliphatic carbocycles. The summed E-state index contributed by atoms with van der Waals surface area (Å²) in [5.41, 5.74) is 0.592. The van der Waals surface area contributed by atoms with E-state index in [2.05, 4.69) is 22.0 Å². The Balaban J connectivity index is 2.11. The molecule has 110 valence electrons. The van der Waals surface area contributed by atoms with Crippen molar-refractivity contribution in [1.82, 2.24) is 14.2 Å². The largest absolute Gasteiger partial charge is 0.365 e. The highest BCUT2D eigenvalue weighted by Crippen LogP contribution is 2.30. The number of hydrogen-bond acceptors (Lipinski definition) is 4. The topological polar surface area (TPSA) is 42.5 Å². The molecule has 2 aromatic heterocycles. The molecule has 0 N–H and O–H groups in total. The van der Waals surface area contributed by atoms with E-state index in [0.717, 1.165) is 10.7 Å². The van der Waals surface area contributed by atoms with Gasteiger partial charge in [-0.1, -0.05) is 29.5 Å². The molecule has 6 heteroatoms. The molecule has 2 heterocycles. The number of rotatable bonds is 2. The Hall–Kier alpha value is -2.08. The summed E-state index contributed by atoms with van der Waals surface area (Å²) >= 11 is 1.51. The van der Waals surface area contributed by atoms with Gasteiger partial charge in [0.1, 0.15) is 5.00 Å². The molecule has 0 saturated carbocycles. The number of para-hydroxylation sites is 1. The van der Waals surface area contributed by atoms with Gasteiger partial charge in [0, 0.05) is 12.7 Å². The van der Waals surface area contributed by atoms with Gasteiger partial charge in [0.15, 0.2) is 0 Å². The zero-order valence-corrected chi connectivity index (χ0v) is 13.4. The number of thiazole rings is 1. The van der Waals surface area contributed by atoms with E-state index in [9.17, 15) is 4.79 Å². The summed E-state index contributed by atoms with van der Waals surface area (Å²) in [5.74, 6) is 0. The second-order valence-electron chi connectivity index (χ2n) is 5.97. The maximum atomic E-state index is 12.0. The maximum absolute atomic E-state index is 12.0. The Morgan fingerprint density at radius 1 is 1.19 bits per heavy atom. The van der Waals surface area contributed by atoms with Crippen molar-refractivity contribution in [1.29, 1.82) is 0 Å². The number of hydrogen-bond donors (Lipinski definition) is 0. The molecule has 0 amide bonds. The Morgan fingerprint density at radius 2 is 1.86 bits per heavy atom. The first kappa shape index (κ1) is 13.9. The third-order valence-corrected chi connectivity index (χ3v) is 4.37. The number of nitrogens with zero attached hydrogens (tertiary/aromatic N) is 4. The lowest BCUT2D eigenvalue weighted by atomic mass is 10.1. The Morgan fingerprint density at radius 3 is 2.48 bits per heavy atom. The van der Waals surface area contributed by atoms with Gasteiger partial charge in [0.05, 0.1) is 11.7 Å². The van der Waals surface area contributed by atoms with Crippen LogP contribution in [0.1, 0.15) is 20.8 Å². The van der Waals surface area contributed by atoms with Crippen LogP contribution in [0.2, 0.25) is 0 Å². The van der Waals surface area contributed by atoms with E-state index in [1.165, 1.54) is 11.3 Å². The van der Waals surface area contributed by atoms with Crippen molar-refractivity contribution in [2.45, 2.75) is 26.3 Å². The van der Waals surface area contributed by atoms with Crippen molar-refractivity contribution in [3.63, 3.8) is 0 Å². The Kier molecular flexibility index (Phi) is 3.13. The van der Waals surface area contributed by atoms with Crippen LogP contribution in [0.5, 0.6) is 0 Å². The molecule has 0 atom stereocenters. The molecule has 0 aliphatic heterocycles. The van der Waals surface area contributed by atoms with Crippen LogP contribution in [0.3, 0.4) is 0 Å². The minimum Gasteiger partial charge on any atom is -0.335 e. The van der Waals surface area contributed by atoms with Crippen molar-refractivity contribution >= 4 is 27.0 Å². The van der Waals surface area contributed by atoms with Crippen LogP contribution in [0.4, 0.5) is 10.7 Å². The fourth-order valence-corrected chi connectivity index (χ4v) is 3.24. The third kappa shape index (κ3) is 2.35. The molecule has 3 aromatic rings. The second kappa shape index (κ2) is 4.73. The van der Waals surface area contributed by atoms with E-state index >= 15 is 0 Å². The normalized spacial score (nSPS) is 12.0. The predicted molar refractivity (Wildman–Crippen MR) is 86.8 cm³/mol. The molecule has 0 saturated heterocycles. The molecule has 0 radical (unpaired) electrons. The smallest absolute Gasteiger partial charge is 0.335 e. The SMILES string of the molecule is CN(c1ccccc1)c1cn2c(nc(=O)n2C(C)(C)C)s1. The zero-order valence-electron chi connectivity index (χ0n) is 12.6. The zero-order chi connectivity index (χ0) is 15.2. The highest BCUT2D eigenvalue weighted by atomic mass is 32.1. The average Bonchev–Trinajstić information content (AvgIpc) is 2.93. The first-order valence-electron chi connectivity index (χ1n) is 6.78. The van der Waals surface area contributed by atoms with Crippen LogP contribution >= 0.6 is 11.3 Å². The molecular weight excluding hydrogens is 284 g/mol. The van der Waals surface area contributed by atoms with Crippen molar-refractivity contribution in [2.24, 2.45) is 0 Å². The summed E-state index contributed by atoms with van der Waals surface area (Å²) < 4.78 is 3.53. The molecule has 0 unspecified atom stereocenters. The van der Waals surface area contributed by atoms with Gasteiger partial charge in [-0.15, -0.1) is 0 Å². The first-order chi connectivity index (χ1) is 9.88. The third-order valence-electron chi connectivity index (χ3n) is 3.32. The fourth-order valence-electron chi connectivity index (χ4n) is 2.31. The van der Waals surface area contributed by atoms with Crippen LogP contribution < -0.4 is 10.6 Å². The quantitative estimate of drug-likeness (QED) is 0.730. The lowest BCUT2D eigenvalue weighted by Gasteiger charge is -2.20. The Labute approximate surface area is 127 Å². The van der Waals surface area contributed by atoms with E-state index in [0.29, 0.717) is 4.96 Å². The molecule has 5 nitrogen and oxygen atoms in total. The fraction of sp³-hybridized carbons (Fsp3) is 0.333. The second-order valence-corrected chi connectivity index (χ2v) is 6.96. The lowest BCUT2D eigenvalue weighted by molar-refractivity contribution is 0.329. The monoisotopic (exact) mass is 302 g/mol. The van der Waals surface area contributed by atoms with Crippen LogP contribution in [0.25, 0.3) is 4.96 Å². The van der Waals surface area contributed by atoms with Gasteiger partial charge in [-0.25, -0.2) is 14.0 Å². The van der Waals surface area contributed by atoms with Gasteiger partial charge < -0.3 is 4.90 Å². The van der Waals surface area contributed by atoms with Gasteiger partial charge in [-0.3, -0.25) is 0 Å². The van der Waals surface area contributed by atoms with Crippen LogP contribution in [0, 0.1) is 0 Å². The van der Waals surface area contributed by atoms with Gasteiger partial charge in [0.2, 0.25) is 4.96 Å². The summed E-state index contributed by atoms with van der Waals surface area (Å²) in [6, 6.07) is 10.1. The van der Waals surface area contributed by atoms with Gasteiger partial charge >= 0.3 is 5.69 Å². The average molecular weight is 302 g/mol. The molecule has 0 bridgehead atoms. The summed E-state index contributed by atoms with van der Waals surface area (Å²) in [4.78, 5) is 19.0. The highest BCUT2D eigenvalue weighted by Gasteiger charge is 2.22. The van der Waals surface area contributed by atoms with Gasteiger partial charge in [-0.2, -0.15) is 4.98 Å². The summed E-state index contributed by atoms with van der Waals surface area (Å²) in [5, 5.41) is 1.04. The standard InChI is InChI=1S/C15H18N4OS/c1-15(2,3)19-13(20)16-14-18(19)10-12(21-14)17(4)11-8-6-5-7-9-11/h5-10H,1-4H3. The number of benzene rings is 1. The molecule has 3 rings (SSSR count). The lowest BCUT2D eigenvalue weighted by Crippen LogP contribution is -2.34. The van der Waals surface area contributed by atoms with Crippen LogP contribution in [-0.4, -0.2) is 21.2 Å². The van der Waals surface area contributed by atoms with E-state index in [4.69, 9.17) is 0 Å². The van der Waals surface area contributed by atoms with Gasteiger partial charge in [0.25, 0.3) is 0 Å². The van der Waals surface area contributed by atoms with Crippen LogP contribution in [-0.2, 0) is 5.54 Å². The highest BCUT2D eigenvalue weighted by molar-refractivity contribution is 7.20. The van der Waals surface area contributed by atoms with Crippen LogP contribution in [0.15, 0.2) is 41.3 Å². The summed E-state index contributed by atoms with van der Waals surface area (Å²) in [6.45, 7) is 6.00. The number of fused-ring (bicyclic) bond motifs is 1. The Bertz CT molecular complexity index is 823. The van der Waals surface area contributed by atoms with Gasteiger partial charge in [-0.05, 0) is 32.9 Å². The first-order valence-corrected chi connectivity index (χ1v) is 7.60. The number of anilines is 2. The number of aromatic nitrogens is 3. The van der Waals surface area contributed by atoms with Crippen molar-refractivity contribution in [2.75, 3.05) is 11.9 Å². The molecule has 0 fully saturated rings. The predicted octanol–water partition coefficient (Wildman–Crippen LogP) is 3.08. The van der Waals surface area contributed by atoms with Crippen molar-refractivity contribution < 1.29 is 0 Å². The van der Waals surface area contributed by atoms with E-state index in [-0.39, 0.29) is 11.2 Å². The minimum atomic E-state index is -0.305. The summed E-state index contributed by atoms with van der Waals surface area (Å²) in [6.07, 6.45) is 1.96. The van der Waals surface area contributed by atoms with E-state index in [1.807, 2.05) is 56.7 Å². The molecule has 1 aromatic carbocycles. The molecule has 21 heavy (non-hydrogen) atoms. The molecule has 0 aliphatic rings. The van der Waals surface area contributed by atoms with E-state index in [1.54, 1.807) is 4.68 Å². The molecule has 0 spiro atoms. The molecular formula is C15H18N4OS. The maximum Gasteiger partial charge on any atom is 0.365 e. The van der Waals surface area contributed by atoms with Crippen molar-refractivity contribution in [3.8, 4) is 0 Å². The van der Waals surface area contributed by atoms with E-state index < -0.39 is 0 Å². The summed E-state index contributed by atoms with van der Waals surface area (Å²) in [7, 11) is 2.01.